The van der Waals surface area contributed by atoms with Gasteiger partial charge in [-0.05, 0) is 82.1 Å². The molecular weight excluding hydrogens is 572 g/mol. The molecule has 1 heterocycles. The van der Waals surface area contributed by atoms with Crippen molar-refractivity contribution in [2.24, 2.45) is 5.92 Å². The van der Waals surface area contributed by atoms with Crippen molar-refractivity contribution in [1.29, 1.82) is 0 Å². The molecule has 3 rings (SSSR count). The van der Waals surface area contributed by atoms with Crippen molar-refractivity contribution >= 4 is 35.3 Å². The van der Waals surface area contributed by atoms with Crippen molar-refractivity contribution in [3.8, 4) is 0 Å². The zero-order chi connectivity index (χ0) is 32.2. The maximum absolute atomic E-state index is 14.3. The van der Waals surface area contributed by atoms with Crippen LogP contribution in [0.2, 0.25) is 0 Å². The smallest absolute Gasteiger partial charge is 0.408 e. The van der Waals surface area contributed by atoms with Gasteiger partial charge >= 0.3 is 12.1 Å². The number of unbranched alkanes of at least 4 members (excludes halogenated alkanes) is 4. The van der Waals surface area contributed by atoms with Crippen LogP contribution in [-0.2, 0) is 19.1 Å². The fourth-order valence-electron chi connectivity index (χ4n) is 5.96. The Bertz CT molecular complexity index is 1170. The van der Waals surface area contributed by atoms with E-state index < -0.39 is 29.7 Å². The highest BCUT2D eigenvalue weighted by Gasteiger charge is 2.53. The van der Waals surface area contributed by atoms with Crippen LogP contribution in [0, 0.1) is 5.92 Å². The molecule has 1 unspecified atom stereocenters. The summed E-state index contributed by atoms with van der Waals surface area (Å²) in [4.78, 5) is 42.1. The average molecular weight is 625 g/mol. The maximum atomic E-state index is 14.3. The molecule has 0 saturated carbocycles. The summed E-state index contributed by atoms with van der Waals surface area (Å²) >= 11 is 1.87. The highest BCUT2D eigenvalue weighted by molar-refractivity contribution is 8.00. The van der Waals surface area contributed by atoms with Gasteiger partial charge in [0.25, 0.3) is 0 Å². The fourth-order valence-corrected chi connectivity index (χ4v) is 7.69. The normalized spacial score (nSPS) is 22.2. The largest absolute Gasteiger partial charge is 0.467 e. The molecule has 1 saturated heterocycles. The Balaban J connectivity index is 1.89. The van der Waals surface area contributed by atoms with Crippen LogP contribution in [0.5, 0.6) is 0 Å². The summed E-state index contributed by atoms with van der Waals surface area (Å²) in [6.07, 6.45) is 15.4. The Morgan fingerprint density at radius 2 is 1.91 bits per heavy atom. The Labute approximate surface area is 268 Å². The van der Waals surface area contributed by atoms with Gasteiger partial charge in [0.05, 0.1) is 7.11 Å². The zero-order valence-corrected chi connectivity index (χ0v) is 28.1. The molecule has 1 aliphatic heterocycles. The number of likely N-dealkylation sites (tertiary alicyclic amines) is 1. The van der Waals surface area contributed by atoms with Gasteiger partial charge < -0.3 is 19.7 Å². The molecule has 0 bridgehead atoms. The third-order valence-corrected chi connectivity index (χ3v) is 9.94. The second-order valence-electron chi connectivity index (χ2n) is 12.8. The molecule has 2 aliphatic rings. The van der Waals surface area contributed by atoms with E-state index in [0.29, 0.717) is 19.4 Å². The van der Waals surface area contributed by atoms with Crippen LogP contribution in [0.4, 0.5) is 4.79 Å². The van der Waals surface area contributed by atoms with Crippen molar-refractivity contribution in [3.05, 3.63) is 66.8 Å². The van der Waals surface area contributed by atoms with E-state index in [9.17, 15) is 14.4 Å². The predicted octanol–water partition coefficient (Wildman–Crippen LogP) is 7.72. The minimum Gasteiger partial charge on any atom is -0.467 e. The third kappa shape index (κ3) is 10.0. The number of methoxy groups -OCH3 is 1. The van der Waals surface area contributed by atoms with Crippen molar-refractivity contribution in [3.63, 3.8) is 0 Å². The molecule has 1 aromatic carbocycles. The number of thioether (sulfide) groups is 1. The summed E-state index contributed by atoms with van der Waals surface area (Å²) in [5.74, 6) is 0.402. The van der Waals surface area contributed by atoms with E-state index in [0.717, 1.165) is 50.7 Å². The summed E-state index contributed by atoms with van der Waals surface area (Å²) in [6.45, 7) is 11.8. The van der Waals surface area contributed by atoms with Gasteiger partial charge in [0, 0.05) is 11.3 Å². The van der Waals surface area contributed by atoms with E-state index >= 15 is 0 Å². The number of nitrogens with one attached hydrogen (secondary N) is 1. The number of carbonyl (C=O) groups excluding carboxylic acids is 3. The number of ether oxygens (including phenoxy) is 2. The summed E-state index contributed by atoms with van der Waals surface area (Å²) in [5.41, 5.74) is 1.66. The van der Waals surface area contributed by atoms with Gasteiger partial charge in [0.15, 0.2) is 0 Å². The van der Waals surface area contributed by atoms with Gasteiger partial charge in [-0.25, -0.2) is 9.59 Å². The highest BCUT2D eigenvalue weighted by atomic mass is 32.2. The molecule has 0 radical (unpaired) electrons. The molecule has 1 aliphatic carbocycles. The first-order valence-corrected chi connectivity index (χ1v) is 17.1. The Morgan fingerprint density at radius 1 is 1.16 bits per heavy atom. The molecule has 1 aromatic rings. The number of rotatable bonds is 15. The van der Waals surface area contributed by atoms with E-state index in [-0.39, 0.29) is 16.6 Å². The van der Waals surface area contributed by atoms with Gasteiger partial charge in [-0.3, -0.25) is 4.79 Å². The number of nitrogens with zero attached hydrogens (tertiary/aromatic N) is 1. The SMILES string of the molecule is C=CCCCCC[C@H](NC(=O)OC(C)(C)C)C(=O)N1C[C@](SCCCC)(C2C=CC(c3ccccc3)=CC2)C[C@H]1C(=O)OC. The molecule has 7 nitrogen and oxygen atoms in total. The molecule has 0 spiro atoms. The monoisotopic (exact) mass is 624 g/mol. The van der Waals surface area contributed by atoms with Crippen molar-refractivity contribution in [1.82, 2.24) is 10.2 Å². The fraction of sp³-hybridized carbons (Fsp3) is 0.583. The number of amides is 2. The van der Waals surface area contributed by atoms with Gasteiger partial charge in [0.1, 0.15) is 17.7 Å². The molecule has 4 atom stereocenters. The van der Waals surface area contributed by atoms with E-state index in [1.807, 2.05) is 36.0 Å². The lowest BCUT2D eigenvalue weighted by Gasteiger charge is -2.37. The van der Waals surface area contributed by atoms with Crippen molar-refractivity contribution in [2.75, 3.05) is 19.4 Å². The maximum Gasteiger partial charge on any atom is 0.408 e. The number of benzene rings is 1. The first-order valence-electron chi connectivity index (χ1n) is 16.1. The summed E-state index contributed by atoms with van der Waals surface area (Å²) in [7, 11) is 1.38. The summed E-state index contributed by atoms with van der Waals surface area (Å²) in [6, 6.07) is 8.80. The van der Waals surface area contributed by atoms with Crippen LogP contribution in [0.15, 0.2) is 61.2 Å². The van der Waals surface area contributed by atoms with Gasteiger partial charge in [-0.2, -0.15) is 11.8 Å². The number of esters is 1. The summed E-state index contributed by atoms with van der Waals surface area (Å²) in [5, 5.41) is 2.85. The second kappa shape index (κ2) is 16.9. The third-order valence-electron chi connectivity index (χ3n) is 8.27. The predicted molar refractivity (Wildman–Crippen MR) is 180 cm³/mol. The van der Waals surface area contributed by atoms with Crippen LogP contribution in [-0.4, -0.2) is 64.7 Å². The lowest BCUT2D eigenvalue weighted by molar-refractivity contribution is -0.151. The molecule has 242 valence electrons. The first-order chi connectivity index (χ1) is 21.0. The van der Waals surface area contributed by atoms with Gasteiger partial charge in [-0.1, -0.05) is 80.8 Å². The Kier molecular flexibility index (Phi) is 13.6. The standard InChI is InChI=1S/C36H52N2O5S/c1-7-9-11-12-16-19-30(37-34(41)43-35(3,4)5)32(39)38-26-36(44-24-10-8-2,25-31(38)33(40)42-6)29-22-20-28(21-23-29)27-17-14-13-15-18-27/h7,13-15,17-18,20-22,29-31H,1,8-12,16,19,23-26H2,2-6H3,(H,37,41)/t29?,30-,31-,36-/m0/s1. The van der Waals surface area contributed by atoms with Crippen molar-refractivity contribution in [2.45, 2.75) is 108 Å². The number of allylic oxidation sites excluding steroid dienone is 5. The number of hydrogen-bond acceptors (Lipinski definition) is 6. The van der Waals surface area contributed by atoms with Crippen LogP contribution in [0.1, 0.15) is 91.0 Å². The van der Waals surface area contributed by atoms with Crippen molar-refractivity contribution < 1.29 is 23.9 Å². The molecule has 8 heteroatoms. The minimum absolute atomic E-state index is 0.137. The van der Waals surface area contributed by atoms with Crippen LogP contribution < -0.4 is 5.32 Å². The van der Waals surface area contributed by atoms with Crippen LogP contribution in [0.3, 0.4) is 0 Å². The van der Waals surface area contributed by atoms with E-state index in [2.05, 4.69) is 49.2 Å². The van der Waals surface area contributed by atoms with E-state index in [1.54, 1.807) is 25.7 Å². The van der Waals surface area contributed by atoms with Crippen LogP contribution >= 0.6 is 11.8 Å². The van der Waals surface area contributed by atoms with Gasteiger partial charge in [0.2, 0.25) is 5.91 Å². The number of carbonyl (C=O) groups is 3. The summed E-state index contributed by atoms with van der Waals surface area (Å²) < 4.78 is 10.4. The Morgan fingerprint density at radius 3 is 2.52 bits per heavy atom. The number of hydrogen-bond donors (Lipinski definition) is 1. The zero-order valence-electron chi connectivity index (χ0n) is 27.3. The van der Waals surface area contributed by atoms with E-state index in [4.69, 9.17) is 9.47 Å². The van der Waals surface area contributed by atoms with Crippen LogP contribution in [0.25, 0.3) is 5.57 Å². The lowest BCUT2D eigenvalue weighted by atomic mass is 9.82. The second-order valence-corrected chi connectivity index (χ2v) is 14.3. The van der Waals surface area contributed by atoms with E-state index in [1.165, 1.54) is 18.2 Å². The first kappa shape index (κ1) is 35.5. The molecular formula is C36H52N2O5S. The highest BCUT2D eigenvalue weighted by Crippen LogP contribution is 2.48. The minimum atomic E-state index is -0.802. The average Bonchev–Trinajstić information content (AvgIpc) is 3.40. The molecule has 0 aromatic heterocycles. The molecule has 1 N–H and O–H groups in total. The quantitative estimate of drug-likeness (QED) is 0.122. The molecule has 2 amide bonds. The Hall–Kier alpha value is -3.00. The number of alkyl carbamates (subject to hydrolysis) is 1. The lowest BCUT2D eigenvalue weighted by Crippen LogP contribution is -2.53. The van der Waals surface area contributed by atoms with Gasteiger partial charge in [-0.15, -0.1) is 6.58 Å². The molecule has 44 heavy (non-hydrogen) atoms. The molecule has 1 fully saturated rings. The topological polar surface area (TPSA) is 84.9 Å².